The number of anilines is 1. The van der Waals surface area contributed by atoms with Gasteiger partial charge in [-0.1, -0.05) is 36.0 Å². The van der Waals surface area contributed by atoms with E-state index in [9.17, 15) is 13.2 Å². The van der Waals surface area contributed by atoms with Crippen molar-refractivity contribution in [2.24, 2.45) is 0 Å². The summed E-state index contributed by atoms with van der Waals surface area (Å²) in [6, 6.07) is 7.61. The van der Waals surface area contributed by atoms with Crippen LogP contribution in [0.15, 0.2) is 42.1 Å². The Labute approximate surface area is 169 Å². The van der Waals surface area contributed by atoms with Gasteiger partial charge in [0, 0.05) is 18.2 Å². The first-order valence-electron chi connectivity index (χ1n) is 9.08. The normalized spacial score (nSPS) is 19.3. The number of nitrogens with one attached hydrogen (secondary N) is 1. The molecule has 0 spiro atoms. The largest absolute Gasteiger partial charge is 0.325 e. The predicted molar refractivity (Wildman–Crippen MR) is 111 cm³/mol. The Bertz CT molecular complexity index is 985. The number of sulfone groups is 1. The summed E-state index contributed by atoms with van der Waals surface area (Å²) < 4.78 is 25.5. The maximum Gasteiger partial charge on any atom is 0.237 e. The summed E-state index contributed by atoms with van der Waals surface area (Å²) in [4.78, 5) is 12.6. The van der Waals surface area contributed by atoms with Crippen LogP contribution >= 0.6 is 11.8 Å². The summed E-state index contributed by atoms with van der Waals surface area (Å²) in [5, 5.41) is 11.6. The molecule has 28 heavy (non-hydrogen) atoms. The monoisotopic (exact) mass is 420 g/mol. The van der Waals surface area contributed by atoms with Crippen LogP contribution in [0.2, 0.25) is 0 Å². The van der Waals surface area contributed by atoms with E-state index in [4.69, 9.17) is 0 Å². The summed E-state index contributed by atoms with van der Waals surface area (Å²) in [5.74, 6) is 0.627. The number of para-hydroxylation sites is 1. The quantitative estimate of drug-likeness (QED) is 0.547. The number of carbonyl (C=O) groups is 1. The van der Waals surface area contributed by atoms with Crippen LogP contribution in [0.1, 0.15) is 30.7 Å². The number of nitrogens with zero attached hydrogens (tertiary/aromatic N) is 3. The zero-order valence-electron chi connectivity index (χ0n) is 16.0. The highest BCUT2D eigenvalue weighted by molar-refractivity contribution is 8.00. The molecule has 150 valence electrons. The molecule has 1 aromatic heterocycles. The molecule has 7 nitrogen and oxygen atoms in total. The Morgan fingerprint density at radius 2 is 2.18 bits per heavy atom. The summed E-state index contributed by atoms with van der Waals surface area (Å²) in [6.07, 6.45) is 2.27. The van der Waals surface area contributed by atoms with Crippen LogP contribution in [0.4, 0.5) is 5.69 Å². The molecule has 2 unspecified atom stereocenters. The topological polar surface area (TPSA) is 93.9 Å². The van der Waals surface area contributed by atoms with Crippen molar-refractivity contribution in [3.05, 3.63) is 48.3 Å². The Balaban J connectivity index is 1.75. The minimum atomic E-state index is -3.02. The van der Waals surface area contributed by atoms with Gasteiger partial charge in [0.2, 0.25) is 5.91 Å². The van der Waals surface area contributed by atoms with Gasteiger partial charge in [-0.2, -0.15) is 0 Å². The number of hydrogen-bond donors (Lipinski definition) is 1. The van der Waals surface area contributed by atoms with Gasteiger partial charge < -0.3 is 9.88 Å². The second-order valence-corrected chi connectivity index (χ2v) is 10.4. The number of amides is 1. The van der Waals surface area contributed by atoms with Crippen LogP contribution < -0.4 is 5.32 Å². The summed E-state index contributed by atoms with van der Waals surface area (Å²) >= 11 is 1.30. The van der Waals surface area contributed by atoms with E-state index < -0.39 is 15.1 Å². The van der Waals surface area contributed by atoms with E-state index in [2.05, 4.69) is 22.1 Å². The lowest BCUT2D eigenvalue weighted by Crippen LogP contribution is -2.23. The fourth-order valence-corrected chi connectivity index (χ4v) is 5.75. The standard InChI is InChI=1S/C19H24N4O3S2/c1-4-10-23-17(15-9-11-28(25,26)12-15)21-22-19(23)27-14(3)18(24)20-16-8-6-5-7-13(16)2/h4-8,14-15H,1,9-12H2,2-3H3,(H,20,24). The molecular formula is C19H24N4O3S2. The van der Waals surface area contributed by atoms with Crippen LogP contribution in [0.25, 0.3) is 0 Å². The Hall–Kier alpha value is -2.13. The number of allylic oxidation sites excluding steroid dienone is 1. The molecule has 1 aliphatic rings. The van der Waals surface area contributed by atoms with Crippen molar-refractivity contribution in [1.82, 2.24) is 14.8 Å². The van der Waals surface area contributed by atoms with Crippen molar-refractivity contribution in [2.45, 2.75) is 43.1 Å². The first-order valence-corrected chi connectivity index (χ1v) is 11.8. The van der Waals surface area contributed by atoms with E-state index >= 15 is 0 Å². The van der Waals surface area contributed by atoms with E-state index in [-0.39, 0.29) is 23.3 Å². The number of aryl methyl sites for hydroxylation is 1. The zero-order valence-corrected chi connectivity index (χ0v) is 17.6. The van der Waals surface area contributed by atoms with Crippen molar-refractivity contribution in [2.75, 3.05) is 16.8 Å². The van der Waals surface area contributed by atoms with E-state index in [1.807, 2.05) is 42.7 Å². The van der Waals surface area contributed by atoms with Crippen LogP contribution in [-0.4, -0.2) is 45.8 Å². The van der Waals surface area contributed by atoms with Gasteiger partial charge in [0.1, 0.15) is 5.82 Å². The van der Waals surface area contributed by atoms with Crippen molar-refractivity contribution in [3.8, 4) is 0 Å². The van der Waals surface area contributed by atoms with Crippen LogP contribution in [-0.2, 0) is 21.2 Å². The molecule has 2 atom stereocenters. The minimum Gasteiger partial charge on any atom is -0.325 e. The first kappa shape index (κ1) is 20.6. The Morgan fingerprint density at radius 3 is 2.82 bits per heavy atom. The number of aromatic nitrogens is 3. The number of hydrogen-bond acceptors (Lipinski definition) is 6. The highest BCUT2D eigenvalue weighted by atomic mass is 32.2. The van der Waals surface area contributed by atoms with Crippen molar-refractivity contribution in [1.29, 1.82) is 0 Å². The van der Waals surface area contributed by atoms with Gasteiger partial charge in [-0.25, -0.2) is 8.42 Å². The van der Waals surface area contributed by atoms with E-state index in [1.165, 1.54) is 11.8 Å². The van der Waals surface area contributed by atoms with Gasteiger partial charge in [-0.15, -0.1) is 16.8 Å². The fraction of sp³-hybridized carbons (Fsp3) is 0.421. The molecule has 0 radical (unpaired) electrons. The van der Waals surface area contributed by atoms with E-state index in [0.29, 0.717) is 23.9 Å². The van der Waals surface area contributed by atoms with Crippen LogP contribution in [0, 0.1) is 6.92 Å². The molecule has 3 rings (SSSR count). The van der Waals surface area contributed by atoms with Gasteiger partial charge in [-0.05, 0) is 31.9 Å². The van der Waals surface area contributed by atoms with Crippen molar-refractivity contribution >= 4 is 33.2 Å². The second-order valence-electron chi connectivity index (χ2n) is 6.90. The van der Waals surface area contributed by atoms with Gasteiger partial charge in [0.05, 0.1) is 16.8 Å². The molecule has 1 saturated heterocycles. The molecule has 2 heterocycles. The molecule has 0 bridgehead atoms. The summed E-state index contributed by atoms with van der Waals surface area (Å²) in [5.41, 5.74) is 1.77. The third kappa shape index (κ3) is 4.64. The highest BCUT2D eigenvalue weighted by Crippen LogP contribution is 2.31. The number of rotatable bonds is 7. The van der Waals surface area contributed by atoms with E-state index in [1.54, 1.807) is 6.08 Å². The Morgan fingerprint density at radius 1 is 1.43 bits per heavy atom. The molecule has 1 N–H and O–H groups in total. The van der Waals surface area contributed by atoms with Crippen LogP contribution in [0.5, 0.6) is 0 Å². The van der Waals surface area contributed by atoms with Crippen molar-refractivity contribution in [3.63, 3.8) is 0 Å². The maximum atomic E-state index is 12.6. The lowest BCUT2D eigenvalue weighted by atomic mass is 10.1. The molecule has 9 heteroatoms. The zero-order chi connectivity index (χ0) is 20.3. The third-order valence-corrected chi connectivity index (χ3v) is 7.56. The lowest BCUT2D eigenvalue weighted by Gasteiger charge is -2.15. The summed E-state index contributed by atoms with van der Waals surface area (Å²) in [7, 11) is -3.02. The average molecular weight is 421 g/mol. The van der Waals surface area contributed by atoms with Gasteiger partial charge in [0.25, 0.3) is 0 Å². The molecule has 0 saturated carbocycles. The number of benzene rings is 1. The molecule has 0 aliphatic carbocycles. The lowest BCUT2D eigenvalue weighted by molar-refractivity contribution is -0.115. The average Bonchev–Trinajstić information content (AvgIpc) is 3.20. The maximum absolute atomic E-state index is 12.6. The van der Waals surface area contributed by atoms with E-state index in [0.717, 1.165) is 11.3 Å². The molecular weight excluding hydrogens is 396 g/mol. The highest BCUT2D eigenvalue weighted by Gasteiger charge is 2.33. The number of carbonyl (C=O) groups excluding carboxylic acids is 1. The molecule has 2 aromatic rings. The molecule has 1 fully saturated rings. The molecule has 1 aromatic carbocycles. The van der Waals surface area contributed by atoms with Gasteiger partial charge in [-0.3, -0.25) is 4.79 Å². The predicted octanol–water partition coefficient (Wildman–Crippen LogP) is 2.79. The first-order chi connectivity index (χ1) is 13.3. The van der Waals surface area contributed by atoms with Crippen LogP contribution in [0.3, 0.4) is 0 Å². The van der Waals surface area contributed by atoms with Gasteiger partial charge in [0.15, 0.2) is 15.0 Å². The molecule has 1 amide bonds. The number of thioether (sulfide) groups is 1. The smallest absolute Gasteiger partial charge is 0.237 e. The SMILES string of the molecule is C=CCn1c(SC(C)C(=O)Nc2ccccc2C)nnc1C1CCS(=O)(=O)C1. The minimum absolute atomic E-state index is 0.0935. The fourth-order valence-electron chi connectivity index (χ4n) is 3.15. The third-order valence-electron chi connectivity index (χ3n) is 4.71. The van der Waals surface area contributed by atoms with Gasteiger partial charge >= 0.3 is 0 Å². The van der Waals surface area contributed by atoms with Crippen molar-refractivity contribution < 1.29 is 13.2 Å². The second kappa shape index (κ2) is 8.48. The molecule has 1 aliphatic heterocycles. The Kier molecular flexibility index (Phi) is 6.24. The summed E-state index contributed by atoms with van der Waals surface area (Å²) in [6.45, 7) is 7.99.